The highest BCUT2D eigenvalue weighted by Crippen LogP contribution is 2.35. The lowest BCUT2D eigenvalue weighted by molar-refractivity contribution is -0.274. The summed E-state index contributed by atoms with van der Waals surface area (Å²) in [5, 5.41) is 2.09. The molecule has 0 saturated heterocycles. The Morgan fingerprint density at radius 2 is 1.62 bits per heavy atom. The predicted molar refractivity (Wildman–Crippen MR) is 132 cm³/mol. The standard InChI is InChI=1S/C26H23ClF3N3O4/c1-3-36-25(34)23-24(33(32-31-23)15-16-4-9-19(35-2)10-5-16)18-8-13-21(22(27)14-18)17-6-11-20(12-7-17)37-26(28,29)30/h4-14,31-32H,3,15H2,1-2H3. The fraction of sp³-hybridized carbons (Fsp3) is 0.192. The third-order valence-electron chi connectivity index (χ3n) is 5.44. The van der Waals surface area contributed by atoms with Crippen LogP contribution in [-0.4, -0.2) is 31.1 Å². The Balaban J connectivity index is 1.65. The number of nitrogens with zero attached hydrogens (tertiary/aromatic N) is 1. The van der Waals surface area contributed by atoms with Crippen LogP contribution in [0.3, 0.4) is 0 Å². The van der Waals surface area contributed by atoms with Gasteiger partial charge in [0.25, 0.3) is 0 Å². The van der Waals surface area contributed by atoms with Gasteiger partial charge in [0.1, 0.15) is 11.5 Å². The fourth-order valence-electron chi connectivity index (χ4n) is 3.79. The first kappa shape index (κ1) is 26.2. The molecular formula is C26H23ClF3N3O4. The third kappa shape index (κ3) is 6.28. The molecule has 4 rings (SSSR count). The summed E-state index contributed by atoms with van der Waals surface area (Å²) in [5.74, 6) is -0.146. The summed E-state index contributed by atoms with van der Waals surface area (Å²) < 4.78 is 51.7. The van der Waals surface area contributed by atoms with Gasteiger partial charge >= 0.3 is 12.3 Å². The first-order valence-electron chi connectivity index (χ1n) is 11.2. The molecule has 0 unspecified atom stereocenters. The Labute approximate surface area is 216 Å². The Morgan fingerprint density at radius 1 is 0.973 bits per heavy atom. The van der Waals surface area contributed by atoms with E-state index in [0.29, 0.717) is 34.0 Å². The minimum absolute atomic E-state index is 0.198. The highest BCUT2D eigenvalue weighted by molar-refractivity contribution is 6.33. The number of benzene rings is 3. The summed E-state index contributed by atoms with van der Waals surface area (Å²) in [5.41, 5.74) is 9.38. The number of methoxy groups -OCH3 is 1. The topological polar surface area (TPSA) is 72.1 Å². The zero-order chi connectivity index (χ0) is 26.6. The molecular weight excluding hydrogens is 511 g/mol. The smallest absolute Gasteiger partial charge is 0.497 e. The molecule has 0 aliphatic carbocycles. The molecule has 11 heteroatoms. The number of carbonyl (C=O) groups excluding carboxylic acids is 1. The van der Waals surface area contributed by atoms with Crippen molar-refractivity contribution in [2.75, 3.05) is 13.7 Å². The van der Waals surface area contributed by atoms with Crippen molar-refractivity contribution < 1.29 is 32.2 Å². The van der Waals surface area contributed by atoms with E-state index < -0.39 is 12.3 Å². The Kier molecular flexibility index (Phi) is 7.80. The molecule has 1 aliphatic rings. The number of hydrogen-bond acceptors (Lipinski definition) is 7. The molecule has 0 amide bonds. The molecule has 7 nitrogen and oxygen atoms in total. The van der Waals surface area contributed by atoms with Gasteiger partial charge in [-0.15, -0.1) is 18.7 Å². The van der Waals surface area contributed by atoms with Crippen molar-refractivity contribution >= 4 is 23.3 Å². The van der Waals surface area contributed by atoms with E-state index in [-0.39, 0.29) is 18.1 Å². The molecule has 0 aromatic heterocycles. The second kappa shape index (κ2) is 11.0. The number of esters is 1. The third-order valence-corrected chi connectivity index (χ3v) is 5.76. The summed E-state index contributed by atoms with van der Waals surface area (Å²) >= 11 is 6.60. The molecule has 0 radical (unpaired) electrons. The Bertz CT molecular complexity index is 1300. The summed E-state index contributed by atoms with van der Waals surface area (Å²) in [4.78, 5) is 12.7. The van der Waals surface area contributed by atoms with Gasteiger partial charge in [-0.05, 0) is 48.4 Å². The van der Waals surface area contributed by atoms with Crippen LogP contribution in [0, 0.1) is 0 Å². The van der Waals surface area contributed by atoms with Crippen molar-refractivity contribution in [2.24, 2.45) is 0 Å². The van der Waals surface area contributed by atoms with Crippen LogP contribution in [0.15, 0.2) is 72.4 Å². The Morgan fingerprint density at radius 3 is 2.22 bits per heavy atom. The zero-order valence-electron chi connectivity index (χ0n) is 19.9. The van der Waals surface area contributed by atoms with E-state index in [2.05, 4.69) is 15.7 Å². The maximum absolute atomic E-state index is 12.7. The molecule has 37 heavy (non-hydrogen) atoms. The SMILES string of the molecule is CCOC(=O)C1=C(c2ccc(-c3ccc(OC(F)(F)F)cc3)c(Cl)c2)N(Cc2ccc(OC)cc2)NN1. The average Bonchev–Trinajstić information content (AvgIpc) is 3.28. The van der Waals surface area contributed by atoms with Gasteiger partial charge in [-0.2, -0.15) is 0 Å². The van der Waals surface area contributed by atoms with Gasteiger partial charge in [-0.3, -0.25) is 10.4 Å². The zero-order valence-corrected chi connectivity index (χ0v) is 20.6. The highest BCUT2D eigenvalue weighted by Gasteiger charge is 2.31. The van der Waals surface area contributed by atoms with Crippen LogP contribution in [0.25, 0.3) is 16.8 Å². The Hall–Kier alpha value is -3.89. The lowest BCUT2D eigenvalue weighted by Gasteiger charge is -2.22. The van der Waals surface area contributed by atoms with Gasteiger partial charge in [-0.1, -0.05) is 48.0 Å². The number of hydrazine groups is 2. The van der Waals surface area contributed by atoms with Gasteiger partial charge in [0.2, 0.25) is 0 Å². The van der Waals surface area contributed by atoms with Crippen LogP contribution in [0.2, 0.25) is 5.02 Å². The van der Waals surface area contributed by atoms with Crippen molar-refractivity contribution in [3.8, 4) is 22.6 Å². The number of ether oxygens (including phenoxy) is 3. The van der Waals surface area contributed by atoms with Gasteiger partial charge < -0.3 is 14.2 Å². The van der Waals surface area contributed by atoms with Gasteiger partial charge in [0.15, 0.2) is 5.70 Å². The van der Waals surface area contributed by atoms with Crippen LogP contribution in [0.4, 0.5) is 13.2 Å². The summed E-state index contributed by atoms with van der Waals surface area (Å²) in [6, 6.07) is 18.1. The van der Waals surface area contributed by atoms with E-state index in [0.717, 1.165) is 11.3 Å². The van der Waals surface area contributed by atoms with Crippen molar-refractivity contribution in [2.45, 2.75) is 19.8 Å². The first-order chi connectivity index (χ1) is 17.7. The van der Waals surface area contributed by atoms with E-state index in [1.165, 1.54) is 24.3 Å². The first-order valence-corrected chi connectivity index (χ1v) is 11.6. The number of alkyl halides is 3. The number of nitrogens with one attached hydrogen (secondary N) is 2. The van der Waals surface area contributed by atoms with E-state index in [1.807, 2.05) is 24.3 Å². The summed E-state index contributed by atoms with van der Waals surface area (Å²) in [6.45, 7) is 2.31. The molecule has 3 aromatic carbocycles. The minimum atomic E-state index is -4.77. The van der Waals surface area contributed by atoms with E-state index >= 15 is 0 Å². The van der Waals surface area contributed by atoms with Crippen LogP contribution in [0.5, 0.6) is 11.5 Å². The molecule has 1 heterocycles. The molecule has 2 N–H and O–H groups in total. The summed E-state index contributed by atoms with van der Waals surface area (Å²) in [6.07, 6.45) is -4.77. The van der Waals surface area contributed by atoms with Crippen molar-refractivity contribution in [3.63, 3.8) is 0 Å². The van der Waals surface area contributed by atoms with Gasteiger partial charge in [-0.25, -0.2) is 4.79 Å². The normalized spacial score (nSPS) is 13.4. The quantitative estimate of drug-likeness (QED) is 0.361. The molecule has 1 aliphatic heterocycles. The molecule has 0 fully saturated rings. The van der Waals surface area contributed by atoms with Crippen LogP contribution < -0.4 is 20.4 Å². The van der Waals surface area contributed by atoms with E-state index in [4.69, 9.17) is 21.1 Å². The monoisotopic (exact) mass is 533 g/mol. The molecule has 3 aromatic rings. The van der Waals surface area contributed by atoms with E-state index in [9.17, 15) is 18.0 Å². The minimum Gasteiger partial charge on any atom is -0.497 e. The number of hydrogen-bond donors (Lipinski definition) is 2. The van der Waals surface area contributed by atoms with Crippen LogP contribution >= 0.6 is 11.6 Å². The molecule has 194 valence electrons. The predicted octanol–water partition coefficient (Wildman–Crippen LogP) is 5.67. The van der Waals surface area contributed by atoms with Gasteiger partial charge in [0.05, 0.1) is 26.0 Å². The maximum atomic E-state index is 12.7. The second-order valence-electron chi connectivity index (χ2n) is 7.88. The van der Waals surface area contributed by atoms with E-state index in [1.54, 1.807) is 37.2 Å². The molecule has 0 bridgehead atoms. The largest absolute Gasteiger partial charge is 0.573 e. The second-order valence-corrected chi connectivity index (χ2v) is 8.29. The van der Waals surface area contributed by atoms with Crippen LogP contribution in [0.1, 0.15) is 18.1 Å². The van der Waals surface area contributed by atoms with Crippen molar-refractivity contribution in [3.05, 3.63) is 88.6 Å². The number of carbonyl (C=O) groups is 1. The fourth-order valence-corrected chi connectivity index (χ4v) is 4.08. The average molecular weight is 534 g/mol. The summed E-state index contributed by atoms with van der Waals surface area (Å²) in [7, 11) is 1.59. The maximum Gasteiger partial charge on any atom is 0.573 e. The number of rotatable bonds is 8. The number of halogens is 4. The lowest BCUT2D eigenvalue weighted by Crippen LogP contribution is -2.37. The lowest BCUT2D eigenvalue weighted by atomic mass is 10.0. The molecule has 0 saturated carbocycles. The van der Waals surface area contributed by atoms with Crippen molar-refractivity contribution in [1.29, 1.82) is 0 Å². The van der Waals surface area contributed by atoms with Crippen LogP contribution in [-0.2, 0) is 16.1 Å². The molecule has 0 spiro atoms. The highest BCUT2D eigenvalue weighted by atomic mass is 35.5. The molecule has 0 atom stereocenters. The van der Waals surface area contributed by atoms with Gasteiger partial charge in [0, 0.05) is 16.1 Å². The van der Waals surface area contributed by atoms with Crippen molar-refractivity contribution in [1.82, 2.24) is 16.0 Å².